The van der Waals surface area contributed by atoms with E-state index in [0.717, 1.165) is 13.1 Å². The molecule has 19 heavy (non-hydrogen) atoms. The fraction of sp³-hybridized carbons (Fsp3) is 0.600. The molecule has 1 aliphatic rings. The summed E-state index contributed by atoms with van der Waals surface area (Å²) in [6.07, 6.45) is 2.58. The highest BCUT2D eigenvalue weighted by molar-refractivity contribution is 6.38. The van der Waals surface area contributed by atoms with Crippen molar-refractivity contribution in [3.63, 3.8) is 0 Å². The lowest BCUT2D eigenvalue weighted by Gasteiger charge is -2.26. The van der Waals surface area contributed by atoms with Gasteiger partial charge in [0.1, 0.15) is 12.7 Å². The van der Waals surface area contributed by atoms with Crippen LogP contribution in [0.4, 0.5) is 0 Å². The van der Waals surface area contributed by atoms with Crippen molar-refractivity contribution in [2.75, 3.05) is 44.8 Å². The van der Waals surface area contributed by atoms with E-state index in [9.17, 15) is 9.59 Å². The first-order valence-electron chi connectivity index (χ1n) is 5.99. The topological polar surface area (TPSA) is 101 Å². The summed E-state index contributed by atoms with van der Waals surface area (Å²) in [6, 6.07) is 0. The zero-order valence-corrected chi connectivity index (χ0v) is 10.4. The summed E-state index contributed by atoms with van der Waals surface area (Å²) in [4.78, 5) is 25.1. The van der Waals surface area contributed by atoms with Crippen LogP contribution in [0, 0.1) is 0 Å². The molecule has 0 unspecified atom stereocenters. The van der Waals surface area contributed by atoms with Gasteiger partial charge in [0.05, 0.1) is 13.2 Å². The monoisotopic (exact) mass is 268 g/mol. The number of nitrogens with one attached hydrogen (secondary N) is 2. The van der Waals surface area contributed by atoms with Crippen molar-refractivity contribution in [3.8, 4) is 0 Å². The molecule has 9 heteroatoms. The van der Waals surface area contributed by atoms with Gasteiger partial charge in [0.25, 0.3) is 0 Å². The van der Waals surface area contributed by atoms with E-state index in [2.05, 4.69) is 25.8 Å². The molecule has 1 aromatic heterocycles. The summed E-state index contributed by atoms with van der Waals surface area (Å²) in [7, 11) is 0. The van der Waals surface area contributed by atoms with Crippen molar-refractivity contribution in [1.29, 1.82) is 0 Å². The third kappa shape index (κ3) is 4.30. The summed E-state index contributed by atoms with van der Waals surface area (Å²) < 4.78 is 6.43. The number of amides is 2. The number of aromatic nitrogens is 3. The highest BCUT2D eigenvalue weighted by atomic mass is 16.5. The van der Waals surface area contributed by atoms with E-state index in [4.69, 9.17) is 4.74 Å². The van der Waals surface area contributed by atoms with E-state index in [1.54, 1.807) is 0 Å². The second-order valence-electron chi connectivity index (χ2n) is 4.02. The molecule has 1 aliphatic heterocycles. The molecule has 2 rings (SSSR count). The molecule has 2 amide bonds. The minimum atomic E-state index is -0.748. The summed E-state index contributed by atoms with van der Waals surface area (Å²) in [5.74, 6) is -1.43. The van der Waals surface area contributed by atoms with Crippen molar-refractivity contribution in [2.45, 2.75) is 0 Å². The smallest absolute Gasteiger partial charge is 0.328 e. The van der Waals surface area contributed by atoms with E-state index < -0.39 is 11.8 Å². The Morgan fingerprint density at radius 2 is 1.84 bits per heavy atom. The Hall–Kier alpha value is -2.00. The molecule has 0 spiro atoms. The van der Waals surface area contributed by atoms with Gasteiger partial charge in [-0.2, -0.15) is 0 Å². The van der Waals surface area contributed by atoms with E-state index in [-0.39, 0.29) is 0 Å². The van der Waals surface area contributed by atoms with Gasteiger partial charge < -0.3 is 10.1 Å². The minimum absolute atomic E-state index is 0.425. The van der Waals surface area contributed by atoms with Crippen molar-refractivity contribution in [2.24, 2.45) is 0 Å². The van der Waals surface area contributed by atoms with Crippen LogP contribution >= 0.6 is 0 Å². The average Bonchev–Trinajstić information content (AvgIpc) is 2.92. The average molecular weight is 268 g/mol. The van der Waals surface area contributed by atoms with Gasteiger partial charge in [0.15, 0.2) is 0 Å². The van der Waals surface area contributed by atoms with Gasteiger partial charge in [-0.1, -0.05) is 0 Å². The predicted molar refractivity (Wildman–Crippen MR) is 64.7 cm³/mol. The maximum Gasteiger partial charge on any atom is 0.328 e. The number of nitrogens with zero attached hydrogens (tertiary/aromatic N) is 4. The number of hydrogen-bond donors (Lipinski definition) is 2. The fourth-order valence-corrected chi connectivity index (χ4v) is 1.66. The molecule has 1 saturated heterocycles. The second kappa shape index (κ2) is 6.81. The normalized spacial score (nSPS) is 16.0. The van der Waals surface area contributed by atoms with E-state index in [0.29, 0.717) is 26.3 Å². The first kappa shape index (κ1) is 13.4. The van der Waals surface area contributed by atoms with Gasteiger partial charge in [-0.15, -0.1) is 10.2 Å². The van der Waals surface area contributed by atoms with Gasteiger partial charge in [-0.3, -0.25) is 19.9 Å². The van der Waals surface area contributed by atoms with E-state index in [1.165, 1.54) is 17.3 Å². The molecule has 0 radical (unpaired) electrons. The van der Waals surface area contributed by atoms with Gasteiger partial charge in [0.2, 0.25) is 0 Å². The predicted octanol–water partition coefficient (Wildman–Crippen LogP) is -2.20. The number of rotatable bonds is 4. The van der Waals surface area contributed by atoms with Crippen molar-refractivity contribution in [1.82, 2.24) is 25.1 Å². The minimum Gasteiger partial charge on any atom is -0.379 e. The van der Waals surface area contributed by atoms with Crippen LogP contribution in [-0.2, 0) is 14.3 Å². The number of carbonyl (C=O) groups excluding carboxylic acids is 2. The van der Waals surface area contributed by atoms with Crippen LogP contribution in [0.5, 0.6) is 0 Å². The molecule has 1 aromatic rings. The number of ether oxygens (including phenoxy) is 1. The summed E-state index contributed by atoms with van der Waals surface area (Å²) in [6.45, 7) is 4.25. The number of hydrogen-bond acceptors (Lipinski definition) is 6. The lowest BCUT2D eigenvalue weighted by molar-refractivity contribution is -0.136. The first-order chi connectivity index (χ1) is 9.25. The van der Waals surface area contributed by atoms with E-state index >= 15 is 0 Å². The van der Waals surface area contributed by atoms with Crippen molar-refractivity contribution in [3.05, 3.63) is 12.7 Å². The lowest BCUT2D eigenvalue weighted by Crippen LogP contribution is -2.44. The highest BCUT2D eigenvalue weighted by Gasteiger charge is 2.14. The van der Waals surface area contributed by atoms with Gasteiger partial charge in [0, 0.05) is 26.2 Å². The van der Waals surface area contributed by atoms with Crippen LogP contribution in [-0.4, -0.2) is 71.0 Å². The maximum absolute atomic E-state index is 11.5. The van der Waals surface area contributed by atoms with Crippen molar-refractivity contribution < 1.29 is 14.3 Å². The Balaban J connectivity index is 1.64. The van der Waals surface area contributed by atoms with Crippen LogP contribution in [0.1, 0.15) is 0 Å². The quantitative estimate of drug-likeness (QED) is 0.601. The first-order valence-corrected chi connectivity index (χ1v) is 5.99. The summed E-state index contributed by atoms with van der Waals surface area (Å²) in [5, 5.41) is 9.57. The molecule has 2 N–H and O–H groups in total. The molecular formula is C10H16N6O3. The van der Waals surface area contributed by atoms with Crippen LogP contribution in [0.3, 0.4) is 0 Å². The third-order valence-corrected chi connectivity index (χ3v) is 2.67. The Kier molecular flexibility index (Phi) is 4.81. The van der Waals surface area contributed by atoms with E-state index in [1.807, 2.05) is 0 Å². The molecule has 0 saturated carbocycles. The zero-order chi connectivity index (χ0) is 13.5. The summed E-state index contributed by atoms with van der Waals surface area (Å²) >= 11 is 0. The molecule has 9 nitrogen and oxygen atoms in total. The van der Waals surface area contributed by atoms with Crippen LogP contribution in [0.2, 0.25) is 0 Å². The van der Waals surface area contributed by atoms with Crippen LogP contribution in [0.15, 0.2) is 12.7 Å². The molecular weight excluding hydrogens is 252 g/mol. The van der Waals surface area contributed by atoms with Gasteiger partial charge in [-0.25, -0.2) is 4.68 Å². The number of morpholine rings is 1. The second-order valence-corrected chi connectivity index (χ2v) is 4.02. The Morgan fingerprint density at radius 3 is 2.53 bits per heavy atom. The third-order valence-electron chi connectivity index (χ3n) is 2.67. The molecule has 1 fully saturated rings. The van der Waals surface area contributed by atoms with Crippen LogP contribution in [0.25, 0.3) is 0 Å². The largest absolute Gasteiger partial charge is 0.379 e. The summed E-state index contributed by atoms with van der Waals surface area (Å²) in [5.41, 5.74) is 2.32. The number of carbonyl (C=O) groups is 2. The Labute approximate surface area is 109 Å². The van der Waals surface area contributed by atoms with Gasteiger partial charge in [-0.05, 0) is 0 Å². The van der Waals surface area contributed by atoms with Gasteiger partial charge >= 0.3 is 11.8 Å². The zero-order valence-electron chi connectivity index (χ0n) is 10.4. The molecule has 0 aromatic carbocycles. The molecule has 0 aliphatic carbocycles. The van der Waals surface area contributed by atoms with Crippen molar-refractivity contribution >= 4 is 11.8 Å². The standard InChI is InChI=1S/C10H16N6O3/c17-9(10(18)14-16-7-12-13-8-16)11-1-2-15-3-5-19-6-4-15/h7-8H,1-6H2,(H,11,17)(H,14,18). The molecule has 0 atom stereocenters. The Bertz CT molecular complexity index is 415. The molecule has 2 heterocycles. The maximum atomic E-state index is 11.5. The molecule has 0 bridgehead atoms. The van der Waals surface area contributed by atoms with Crippen LogP contribution < -0.4 is 10.7 Å². The lowest BCUT2D eigenvalue weighted by atomic mass is 10.4. The molecule has 104 valence electrons. The Morgan fingerprint density at radius 1 is 1.16 bits per heavy atom. The SMILES string of the molecule is O=C(NCCN1CCOCC1)C(=O)Nn1cnnc1. The highest BCUT2D eigenvalue weighted by Crippen LogP contribution is 1.94. The fourth-order valence-electron chi connectivity index (χ4n) is 1.66.